The third-order valence-corrected chi connectivity index (χ3v) is 3.29. The van der Waals surface area contributed by atoms with Gasteiger partial charge >= 0.3 is 0 Å². The molecule has 1 aliphatic heterocycles. The van der Waals surface area contributed by atoms with Crippen LogP contribution in [0.25, 0.3) is 0 Å². The zero-order valence-electron chi connectivity index (χ0n) is 10.3. The van der Waals surface area contributed by atoms with Crippen LogP contribution in [0.4, 0.5) is 0 Å². The minimum Gasteiger partial charge on any atom is -0.289 e. The highest BCUT2D eigenvalue weighted by Gasteiger charge is 2.19. The van der Waals surface area contributed by atoms with Crippen molar-refractivity contribution in [2.75, 3.05) is 0 Å². The zero-order valence-corrected chi connectivity index (χ0v) is 10.3. The topological polar surface area (TPSA) is 31.9 Å². The summed E-state index contributed by atoms with van der Waals surface area (Å²) in [6.07, 6.45) is 0. The Kier molecular flexibility index (Phi) is 2.48. The maximum atomic E-state index is 4.29. The molecule has 1 aromatic carbocycles. The van der Waals surface area contributed by atoms with E-state index in [2.05, 4.69) is 46.3 Å². The van der Waals surface area contributed by atoms with Gasteiger partial charge in [-0.25, -0.2) is 0 Å². The Morgan fingerprint density at radius 1 is 1.18 bits per heavy atom. The second-order valence-electron chi connectivity index (χ2n) is 4.96. The molecular weight excluding hydrogens is 210 g/mol. The highest BCUT2D eigenvalue weighted by atomic mass is 15.2. The molecular formula is C14H17N3. The molecule has 17 heavy (non-hydrogen) atoms. The number of nitrogens with zero attached hydrogens (tertiary/aromatic N) is 2. The summed E-state index contributed by atoms with van der Waals surface area (Å²) in [5.74, 6) is 0. The Balaban J connectivity index is 1.74. The van der Waals surface area contributed by atoms with Gasteiger partial charge in [-0.2, -0.15) is 5.10 Å². The molecule has 0 fully saturated rings. The van der Waals surface area contributed by atoms with Crippen molar-refractivity contribution in [3.8, 4) is 0 Å². The molecule has 2 heterocycles. The first-order valence-electron chi connectivity index (χ1n) is 6.02. The van der Waals surface area contributed by atoms with E-state index in [0.717, 1.165) is 31.0 Å². The van der Waals surface area contributed by atoms with E-state index in [0.29, 0.717) is 0 Å². The maximum absolute atomic E-state index is 4.29. The molecule has 1 aliphatic rings. The molecule has 3 nitrogen and oxygen atoms in total. The quantitative estimate of drug-likeness (QED) is 0.855. The lowest BCUT2D eigenvalue weighted by molar-refractivity contribution is 0.272. The third kappa shape index (κ3) is 2.11. The van der Waals surface area contributed by atoms with Crippen molar-refractivity contribution in [2.45, 2.75) is 33.5 Å². The lowest BCUT2D eigenvalue weighted by Gasteiger charge is -2.12. The van der Waals surface area contributed by atoms with Gasteiger partial charge in [0.25, 0.3) is 0 Å². The first-order valence-corrected chi connectivity index (χ1v) is 6.02. The lowest BCUT2D eigenvalue weighted by atomic mass is 10.1. The van der Waals surface area contributed by atoms with Gasteiger partial charge in [-0.1, -0.05) is 23.8 Å². The van der Waals surface area contributed by atoms with Crippen LogP contribution >= 0.6 is 0 Å². The van der Waals surface area contributed by atoms with Crippen molar-refractivity contribution in [1.29, 1.82) is 0 Å². The van der Waals surface area contributed by atoms with Gasteiger partial charge in [0.2, 0.25) is 0 Å². The highest BCUT2D eigenvalue weighted by Crippen LogP contribution is 2.24. The molecule has 0 bridgehead atoms. The van der Waals surface area contributed by atoms with Crippen LogP contribution in [0.5, 0.6) is 0 Å². The molecule has 0 saturated carbocycles. The summed E-state index contributed by atoms with van der Waals surface area (Å²) in [4.78, 5) is 2.43. The fraction of sp³-hybridized carbons (Fsp3) is 0.357. The average Bonchev–Trinajstić information content (AvgIpc) is 2.84. The predicted molar refractivity (Wildman–Crippen MR) is 67.5 cm³/mol. The van der Waals surface area contributed by atoms with Gasteiger partial charge in [-0.15, -0.1) is 0 Å². The van der Waals surface area contributed by atoms with Crippen LogP contribution in [0.1, 0.15) is 28.1 Å². The van der Waals surface area contributed by atoms with E-state index in [4.69, 9.17) is 0 Å². The summed E-state index contributed by atoms with van der Waals surface area (Å²) in [5, 5.41) is 7.29. The van der Waals surface area contributed by atoms with E-state index in [9.17, 15) is 0 Å². The fourth-order valence-corrected chi connectivity index (χ4v) is 2.49. The molecule has 1 aromatic heterocycles. The average molecular weight is 227 g/mol. The van der Waals surface area contributed by atoms with Crippen LogP contribution in [0.15, 0.2) is 24.3 Å². The smallest absolute Gasteiger partial charge is 0.0765 e. The number of aromatic nitrogens is 2. The van der Waals surface area contributed by atoms with E-state index >= 15 is 0 Å². The van der Waals surface area contributed by atoms with Gasteiger partial charge in [0, 0.05) is 25.3 Å². The van der Waals surface area contributed by atoms with Gasteiger partial charge in [0.15, 0.2) is 0 Å². The van der Waals surface area contributed by atoms with Crippen molar-refractivity contribution in [3.05, 3.63) is 52.3 Å². The summed E-state index contributed by atoms with van der Waals surface area (Å²) in [7, 11) is 0. The number of nitrogens with one attached hydrogen (secondary N) is 1. The number of aromatic amines is 1. The minimum atomic E-state index is 0.929. The van der Waals surface area contributed by atoms with Crippen LogP contribution in [0.3, 0.4) is 0 Å². The Bertz CT molecular complexity index is 540. The second kappa shape index (κ2) is 4.00. The van der Waals surface area contributed by atoms with E-state index in [-0.39, 0.29) is 0 Å². The van der Waals surface area contributed by atoms with Crippen LogP contribution in [0, 0.1) is 13.8 Å². The molecule has 0 saturated heterocycles. The summed E-state index contributed by atoms with van der Waals surface area (Å²) < 4.78 is 0. The minimum absolute atomic E-state index is 0.929. The van der Waals surface area contributed by atoms with Crippen molar-refractivity contribution in [2.24, 2.45) is 0 Å². The predicted octanol–water partition coefficient (Wildman–Crippen LogP) is 2.54. The molecule has 0 radical (unpaired) electrons. The van der Waals surface area contributed by atoms with Gasteiger partial charge in [-0.05, 0) is 31.0 Å². The van der Waals surface area contributed by atoms with Crippen LogP contribution < -0.4 is 0 Å². The number of H-pyrrole nitrogens is 1. The fourth-order valence-electron chi connectivity index (χ4n) is 2.49. The largest absolute Gasteiger partial charge is 0.289 e. The summed E-state index contributed by atoms with van der Waals surface area (Å²) >= 11 is 0. The van der Waals surface area contributed by atoms with Gasteiger partial charge < -0.3 is 0 Å². The van der Waals surface area contributed by atoms with Crippen LogP contribution in [-0.4, -0.2) is 15.1 Å². The van der Waals surface area contributed by atoms with Crippen LogP contribution in [0.2, 0.25) is 0 Å². The number of fused-ring (bicyclic) bond motifs is 1. The van der Waals surface area contributed by atoms with Crippen molar-refractivity contribution < 1.29 is 0 Å². The Hall–Kier alpha value is -1.61. The monoisotopic (exact) mass is 227 g/mol. The molecule has 88 valence electrons. The van der Waals surface area contributed by atoms with Crippen molar-refractivity contribution >= 4 is 0 Å². The normalized spacial score (nSPS) is 15.2. The standard InChI is InChI=1S/C14H17N3/c1-10-3-4-12-7-17(8-13(12)5-10)9-14-6-11(2)15-16-14/h3-6H,7-9H2,1-2H3,(H,15,16). The molecule has 0 amide bonds. The van der Waals surface area contributed by atoms with E-state index < -0.39 is 0 Å². The lowest BCUT2D eigenvalue weighted by Crippen LogP contribution is -2.15. The molecule has 1 N–H and O–H groups in total. The molecule has 3 rings (SSSR count). The number of rotatable bonds is 2. The van der Waals surface area contributed by atoms with Gasteiger partial charge in [-0.3, -0.25) is 10.00 Å². The first kappa shape index (κ1) is 10.5. The van der Waals surface area contributed by atoms with E-state index in [1.54, 1.807) is 0 Å². The Morgan fingerprint density at radius 3 is 2.76 bits per heavy atom. The molecule has 0 unspecified atom stereocenters. The summed E-state index contributed by atoms with van der Waals surface area (Å²) in [5.41, 5.74) is 6.54. The first-order chi connectivity index (χ1) is 8.20. The molecule has 2 aromatic rings. The summed E-state index contributed by atoms with van der Waals surface area (Å²) in [6.45, 7) is 7.21. The second-order valence-corrected chi connectivity index (χ2v) is 4.96. The number of hydrogen-bond donors (Lipinski definition) is 1. The van der Waals surface area contributed by atoms with Crippen molar-refractivity contribution in [3.63, 3.8) is 0 Å². The zero-order chi connectivity index (χ0) is 11.8. The summed E-state index contributed by atoms with van der Waals surface area (Å²) in [6, 6.07) is 8.86. The van der Waals surface area contributed by atoms with Crippen LogP contribution in [-0.2, 0) is 19.6 Å². The molecule has 3 heteroatoms. The number of benzene rings is 1. The van der Waals surface area contributed by atoms with E-state index in [1.807, 2.05) is 6.92 Å². The molecule has 0 atom stereocenters. The molecule has 0 spiro atoms. The Labute approximate surface area is 101 Å². The highest BCUT2D eigenvalue weighted by molar-refractivity contribution is 5.34. The third-order valence-electron chi connectivity index (χ3n) is 3.29. The Morgan fingerprint density at radius 2 is 2.00 bits per heavy atom. The maximum Gasteiger partial charge on any atom is 0.0765 e. The van der Waals surface area contributed by atoms with Gasteiger partial charge in [0.05, 0.1) is 5.69 Å². The van der Waals surface area contributed by atoms with Crippen molar-refractivity contribution in [1.82, 2.24) is 15.1 Å². The SMILES string of the molecule is Cc1ccc2c(c1)CN(Cc1cc(C)[nH]n1)C2. The number of hydrogen-bond acceptors (Lipinski definition) is 2. The molecule has 0 aliphatic carbocycles. The number of aryl methyl sites for hydroxylation is 2. The van der Waals surface area contributed by atoms with E-state index in [1.165, 1.54) is 16.7 Å². The van der Waals surface area contributed by atoms with Gasteiger partial charge in [0.1, 0.15) is 0 Å².